The largest absolute Gasteiger partial charge is 0.497 e. The van der Waals surface area contributed by atoms with E-state index in [1.807, 2.05) is 61.5 Å². The zero-order chi connectivity index (χ0) is 17.1. The first kappa shape index (κ1) is 16.1. The average molecular weight is 320 g/mol. The van der Waals surface area contributed by atoms with E-state index >= 15 is 0 Å². The molecule has 0 radical (unpaired) electrons. The smallest absolute Gasteiger partial charge is 0.227 e. The number of carbonyl (C=O) groups is 1. The number of hydrogen-bond donors (Lipinski definition) is 0. The standard InChI is InChI=1S/C21H20O3/c1-14(17-7-5-4-6-8-17)21-15(2)20(22)19(24-21)13-16-9-11-18(23-3)12-10-16/h4-14H,1-3H3/b19-13+. The van der Waals surface area contributed by atoms with E-state index in [0.29, 0.717) is 11.3 Å². The third kappa shape index (κ3) is 3.11. The molecule has 0 spiro atoms. The SMILES string of the molecule is COc1ccc(/C=C2/OC(C(C)c3ccccc3)=C(C)C2=O)cc1. The van der Waals surface area contributed by atoms with Crippen LogP contribution in [-0.4, -0.2) is 12.9 Å². The highest BCUT2D eigenvalue weighted by Crippen LogP contribution is 2.35. The molecule has 1 aliphatic heterocycles. The second-order valence-corrected chi connectivity index (χ2v) is 5.83. The Balaban J connectivity index is 1.85. The highest BCUT2D eigenvalue weighted by atomic mass is 16.5. The molecule has 0 saturated carbocycles. The molecule has 0 N–H and O–H groups in total. The summed E-state index contributed by atoms with van der Waals surface area (Å²) in [5, 5.41) is 0. The van der Waals surface area contributed by atoms with Crippen LogP contribution < -0.4 is 4.74 Å². The van der Waals surface area contributed by atoms with Crippen LogP contribution in [0.5, 0.6) is 5.75 Å². The van der Waals surface area contributed by atoms with Crippen molar-refractivity contribution in [3.8, 4) is 5.75 Å². The Bertz CT molecular complexity index is 799. The lowest BCUT2D eigenvalue weighted by Crippen LogP contribution is -1.99. The van der Waals surface area contributed by atoms with Crippen molar-refractivity contribution in [1.29, 1.82) is 0 Å². The third-order valence-electron chi connectivity index (χ3n) is 4.26. The number of methoxy groups -OCH3 is 1. The van der Waals surface area contributed by atoms with E-state index in [0.717, 1.165) is 22.6 Å². The number of carbonyl (C=O) groups excluding carboxylic acids is 1. The molecular formula is C21H20O3. The Hall–Kier alpha value is -2.81. The molecule has 1 atom stereocenters. The fourth-order valence-electron chi connectivity index (χ4n) is 2.79. The molecule has 0 amide bonds. The molecular weight excluding hydrogens is 300 g/mol. The number of ether oxygens (including phenoxy) is 2. The fourth-order valence-corrected chi connectivity index (χ4v) is 2.79. The molecule has 2 aromatic carbocycles. The first-order valence-corrected chi connectivity index (χ1v) is 7.94. The first-order valence-electron chi connectivity index (χ1n) is 7.94. The Labute approximate surface area is 142 Å². The Morgan fingerprint density at radius 3 is 2.33 bits per heavy atom. The van der Waals surface area contributed by atoms with Gasteiger partial charge >= 0.3 is 0 Å². The zero-order valence-corrected chi connectivity index (χ0v) is 14.1. The van der Waals surface area contributed by atoms with E-state index in [-0.39, 0.29) is 11.7 Å². The van der Waals surface area contributed by atoms with Gasteiger partial charge in [0.05, 0.1) is 7.11 Å². The lowest BCUT2D eigenvalue weighted by atomic mass is 9.96. The van der Waals surface area contributed by atoms with Gasteiger partial charge in [0, 0.05) is 11.5 Å². The molecule has 0 saturated heterocycles. The van der Waals surface area contributed by atoms with E-state index in [1.165, 1.54) is 0 Å². The predicted octanol–water partition coefficient (Wildman–Crippen LogP) is 4.71. The second kappa shape index (κ2) is 6.75. The van der Waals surface area contributed by atoms with E-state index in [1.54, 1.807) is 13.2 Å². The van der Waals surface area contributed by atoms with Crippen LogP contribution in [0.2, 0.25) is 0 Å². The van der Waals surface area contributed by atoms with Crippen LogP contribution in [0.3, 0.4) is 0 Å². The Morgan fingerprint density at radius 1 is 1.04 bits per heavy atom. The number of hydrogen-bond acceptors (Lipinski definition) is 3. The van der Waals surface area contributed by atoms with Gasteiger partial charge in [-0.1, -0.05) is 49.4 Å². The van der Waals surface area contributed by atoms with Gasteiger partial charge in [0.2, 0.25) is 5.78 Å². The molecule has 3 heteroatoms. The molecule has 3 rings (SSSR count). The summed E-state index contributed by atoms with van der Waals surface area (Å²) in [4.78, 5) is 12.5. The van der Waals surface area contributed by atoms with Crippen LogP contribution in [-0.2, 0) is 9.53 Å². The minimum absolute atomic E-state index is 0.0388. The van der Waals surface area contributed by atoms with Crippen molar-refractivity contribution in [2.45, 2.75) is 19.8 Å². The molecule has 0 bridgehead atoms. The van der Waals surface area contributed by atoms with Crippen molar-refractivity contribution in [3.63, 3.8) is 0 Å². The van der Waals surface area contributed by atoms with Crippen molar-refractivity contribution in [2.75, 3.05) is 7.11 Å². The van der Waals surface area contributed by atoms with Crippen LogP contribution in [0.25, 0.3) is 6.08 Å². The number of ketones is 1. The highest BCUT2D eigenvalue weighted by Gasteiger charge is 2.30. The number of benzene rings is 2. The van der Waals surface area contributed by atoms with Crippen molar-refractivity contribution < 1.29 is 14.3 Å². The number of rotatable bonds is 4. The first-order chi connectivity index (χ1) is 11.6. The Kier molecular flexibility index (Phi) is 4.52. The van der Waals surface area contributed by atoms with Crippen molar-refractivity contribution >= 4 is 11.9 Å². The molecule has 2 aromatic rings. The molecule has 0 fully saturated rings. The fraction of sp³-hybridized carbons (Fsp3) is 0.190. The maximum Gasteiger partial charge on any atom is 0.227 e. The molecule has 122 valence electrons. The van der Waals surface area contributed by atoms with Crippen LogP contribution in [0.15, 0.2) is 71.7 Å². The summed E-state index contributed by atoms with van der Waals surface area (Å²) in [6.07, 6.45) is 1.77. The summed E-state index contributed by atoms with van der Waals surface area (Å²) in [6, 6.07) is 17.6. The van der Waals surface area contributed by atoms with Crippen LogP contribution in [0.4, 0.5) is 0 Å². The zero-order valence-electron chi connectivity index (χ0n) is 14.1. The lowest BCUT2D eigenvalue weighted by Gasteiger charge is -2.14. The molecule has 3 nitrogen and oxygen atoms in total. The van der Waals surface area contributed by atoms with Gasteiger partial charge in [0.15, 0.2) is 5.76 Å². The van der Waals surface area contributed by atoms with Crippen LogP contribution in [0, 0.1) is 0 Å². The van der Waals surface area contributed by atoms with Gasteiger partial charge in [-0.15, -0.1) is 0 Å². The Morgan fingerprint density at radius 2 is 1.71 bits per heavy atom. The number of allylic oxidation sites excluding steroid dienone is 2. The normalized spacial score (nSPS) is 17.1. The minimum Gasteiger partial charge on any atom is -0.497 e. The monoisotopic (exact) mass is 320 g/mol. The summed E-state index contributed by atoms with van der Waals surface area (Å²) in [5.41, 5.74) is 2.71. The molecule has 1 aliphatic rings. The molecule has 0 aliphatic carbocycles. The van der Waals surface area contributed by atoms with Gasteiger partial charge in [0.1, 0.15) is 11.5 Å². The van der Waals surface area contributed by atoms with Gasteiger partial charge in [-0.25, -0.2) is 0 Å². The topological polar surface area (TPSA) is 35.5 Å². The minimum atomic E-state index is -0.0522. The van der Waals surface area contributed by atoms with E-state index < -0.39 is 0 Å². The number of Topliss-reactive ketones (excluding diaryl/α,β-unsaturated/α-hetero) is 1. The van der Waals surface area contributed by atoms with Crippen LogP contribution >= 0.6 is 0 Å². The molecule has 0 aromatic heterocycles. The van der Waals surface area contributed by atoms with Gasteiger partial charge in [-0.3, -0.25) is 4.79 Å². The van der Waals surface area contributed by atoms with E-state index in [2.05, 4.69) is 6.92 Å². The maximum atomic E-state index is 12.5. The van der Waals surface area contributed by atoms with Crippen molar-refractivity contribution in [2.24, 2.45) is 0 Å². The summed E-state index contributed by atoms with van der Waals surface area (Å²) in [5.74, 6) is 1.87. The van der Waals surface area contributed by atoms with Gasteiger partial charge < -0.3 is 9.47 Å². The van der Waals surface area contributed by atoms with Gasteiger partial charge in [-0.05, 0) is 36.3 Å². The quantitative estimate of drug-likeness (QED) is 0.765. The van der Waals surface area contributed by atoms with Gasteiger partial charge in [-0.2, -0.15) is 0 Å². The summed E-state index contributed by atoms with van der Waals surface area (Å²) >= 11 is 0. The molecule has 1 unspecified atom stereocenters. The molecule has 24 heavy (non-hydrogen) atoms. The predicted molar refractivity (Wildman–Crippen MR) is 94.6 cm³/mol. The van der Waals surface area contributed by atoms with Crippen molar-refractivity contribution in [3.05, 3.63) is 82.8 Å². The maximum absolute atomic E-state index is 12.5. The highest BCUT2D eigenvalue weighted by molar-refractivity contribution is 6.11. The summed E-state index contributed by atoms with van der Waals surface area (Å²) in [6.45, 7) is 3.88. The third-order valence-corrected chi connectivity index (χ3v) is 4.26. The summed E-state index contributed by atoms with van der Waals surface area (Å²) in [7, 11) is 1.63. The van der Waals surface area contributed by atoms with Crippen molar-refractivity contribution in [1.82, 2.24) is 0 Å². The van der Waals surface area contributed by atoms with Gasteiger partial charge in [0.25, 0.3) is 0 Å². The molecule has 1 heterocycles. The van der Waals surface area contributed by atoms with E-state index in [4.69, 9.17) is 9.47 Å². The average Bonchev–Trinajstić information content (AvgIpc) is 2.91. The van der Waals surface area contributed by atoms with Crippen LogP contribution in [0.1, 0.15) is 30.9 Å². The summed E-state index contributed by atoms with van der Waals surface area (Å²) < 4.78 is 11.1. The second-order valence-electron chi connectivity index (χ2n) is 5.83. The lowest BCUT2D eigenvalue weighted by molar-refractivity contribution is -0.113. The van der Waals surface area contributed by atoms with E-state index in [9.17, 15) is 4.79 Å².